The van der Waals surface area contributed by atoms with Gasteiger partial charge in [0.05, 0.1) is 13.6 Å². The van der Waals surface area contributed by atoms with Gasteiger partial charge in [-0.1, -0.05) is 56.9 Å². The maximum absolute atomic E-state index is 6.64. The molecular weight excluding hydrogens is 394 g/mol. The number of aromatic nitrogens is 1. The van der Waals surface area contributed by atoms with Gasteiger partial charge in [-0.15, -0.1) is 0 Å². The zero-order valence-corrected chi connectivity index (χ0v) is 21.0. The Balaban J connectivity index is 1.89. The lowest BCUT2D eigenvalue weighted by Gasteiger charge is -2.24. The molecule has 1 aliphatic rings. The fraction of sp³-hybridized carbons (Fsp3) is 0.321. The van der Waals surface area contributed by atoms with E-state index in [-0.39, 0.29) is 0 Å². The predicted molar refractivity (Wildman–Crippen MR) is 135 cm³/mol. The van der Waals surface area contributed by atoms with Gasteiger partial charge in [0.25, 0.3) is 5.69 Å². The van der Waals surface area contributed by atoms with Gasteiger partial charge >= 0.3 is 0 Å². The molecular formula is C28H32NOSi+. The summed E-state index contributed by atoms with van der Waals surface area (Å²) < 4.78 is 8.97. The van der Waals surface area contributed by atoms with Gasteiger partial charge in [-0.25, -0.2) is 0 Å². The van der Waals surface area contributed by atoms with E-state index in [1.165, 1.54) is 54.8 Å². The molecule has 0 saturated carbocycles. The maximum atomic E-state index is 6.64. The van der Waals surface area contributed by atoms with E-state index in [4.69, 9.17) is 4.74 Å². The highest BCUT2D eigenvalue weighted by molar-refractivity contribution is 6.88. The monoisotopic (exact) mass is 426 g/mol. The number of nitrogens with zero attached hydrogens (tertiary/aromatic N) is 1. The van der Waals surface area contributed by atoms with Gasteiger partial charge in [-0.05, 0) is 54.0 Å². The molecule has 0 unspecified atom stereocenters. The molecule has 0 bridgehead atoms. The summed E-state index contributed by atoms with van der Waals surface area (Å²) in [5.74, 6) is 2.42. The minimum absolute atomic E-state index is 0.461. The van der Waals surface area contributed by atoms with E-state index in [0.717, 1.165) is 11.5 Å². The van der Waals surface area contributed by atoms with Crippen LogP contribution >= 0.6 is 0 Å². The summed E-state index contributed by atoms with van der Waals surface area (Å²) in [5, 5.41) is 5.26. The summed E-state index contributed by atoms with van der Waals surface area (Å²) >= 11 is 0. The Hall–Kier alpha value is -2.65. The Morgan fingerprint density at radius 1 is 0.871 bits per heavy atom. The molecule has 0 saturated heterocycles. The van der Waals surface area contributed by atoms with E-state index in [1.54, 1.807) is 0 Å². The van der Waals surface area contributed by atoms with Crippen molar-refractivity contribution in [2.45, 2.75) is 53.3 Å². The number of rotatable bonds is 2. The first-order valence-corrected chi connectivity index (χ1v) is 14.8. The largest absolute Gasteiger partial charge is 0.450 e. The van der Waals surface area contributed by atoms with Crippen LogP contribution in [0.3, 0.4) is 0 Å². The van der Waals surface area contributed by atoms with Crippen molar-refractivity contribution in [3.05, 3.63) is 59.2 Å². The third-order valence-electron chi connectivity index (χ3n) is 6.98. The maximum Gasteiger partial charge on any atom is 0.256 e. The van der Waals surface area contributed by atoms with Crippen LogP contribution in [-0.4, -0.2) is 8.07 Å². The molecule has 2 nitrogen and oxygen atoms in total. The lowest BCUT2D eigenvalue weighted by atomic mass is 9.88. The van der Waals surface area contributed by atoms with E-state index in [0.29, 0.717) is 5.92 Å². The van der Waals surface area contributed by atoms with Gasteiger partial charge in [0.15, 0.2) is 5.75 Å². The summed E-state index contributed by atoms with van der Waals surface area (Å²) in [4.78, 5) is 0. The molecule has 1 aromatic heterocycles. The van der Waals surface area contributed by atoms with Crippen LogP contribution in [0.5, 0.6) is 11.5 Å². The Labute approximate surface area is 186 Å². The van der Waals surface area contributed by atoms with Crippen molar-refractivity contribution in [3.63, 3.8) is 0 Å². The fourth-order valence-corrected chi connectivity index (χ4v) is 6.07. The molecule has 1 aliphatic heterocycles. The third kappa shape index (κ3) is 3.01. The first kappa shape index (κ1) is 20.3. The first-order chi connectivity index (χ1) is 14.6. The van der Waals surface area contributed by atoms with Crippen molar-refractivity contribution in [2.24, 2.45) is 7.05 Å². The van der Waals surface area contributed by atoms with Crippen LogP contribution in [0.1, 0.15) is 36.5 Å². The topological polar surface area (TPSA) is 13.1 Å². The molecule has 3 aromatic carbocycles. The Morgan fingerprint density at radius 2 is 1.61 bits per heavy atom. The molecule has 0 radical (unpaired) electrons. The molecule has 158 valence electrons. The molecule has 5 rings (SSSR count). The molecule has 0 fully saturated rings. The Morgan fingerprint density at radius 3 is 2.29 bits per heavy atom. The van der Waals surface area contributed by atoms with Gasteiger partial charge in [-0.2, -0.15) is 4.57 Å². The number of aryl methyl sites for hydroxylation is 2. The average molecular weight is 427 g/mol. The highest BCUT2D eigenvalue weighted by Gasteiger charge is 2.32. The molecule has 0 aliphatic carbocycles. The molecule has 0 amide bonds. The second-order valence-corrected chi connectivity index (χ2v) is 15.6. The van der Waals surface area contributed by atoms with Crippen molar-refractivity contribution in [1.29, 1.82) is 0 Å². The first-order valence-electron chi connectivity index (χ1n) is 11.3. The number of benzene rings is 3. The number of pyridine rings is 1. The predicted octanol–water partition coefficient (Wildman–Crippen LogP) is 6.88. The van der Waals surface area contributed by atoms with Crippen LogP contribution in [0.2, 0.25) is 19.6 Å². The fourth-order valence-electron chi connectivity index (χ4n) is 4.90. The van der Waals surface area contributed by atoms with Crippen molar-refractivity contribution >= 4 is 34.9 Å². The second-order valence-electron chi connectivity index (χ2n) is 10.5. The third-order valence-corrected chi connectivity index (χ3v) is 9.02. The van der Waals surface area contributed by atoms with Gasteiger partial charge < -0.3 is 4.74 Å². The molecule has 0 N–H and O–H groups in total. The second kappa shape index (κ2) is 6.67. The van der Waals surface area contributed by atoms with E-state index in [9.17, 15) is 0 Å². The summed E-state index contributed by atoms with van der Waals surface area (Å²) in [6.07, 6.45) is 0. The van der Waals surface area contributed by atoms with Crippen LogP contribution in [0, 0.1) is 13.8 Å². The van der Waals surface area contributed by atoms with Gasteiger partial charge in [0, 0.05) is 22.9 Å². The minimum atomic E-state index is -1.39. The van der Waals surface area contributed by atoms with E-state index >= 15 is 0 Å². The van der Waals surface area contributed by atoms with E-state index < -0.39 is 8.07 Å². The lowest BCUT2D eigenvalue weighted by Crippen LogP contribution is -2.39. The molecule has 4 aromatic rings. The van der Waals surface area contributed by atoms with E-state index in [2.05, 4.69) is 101 Å². The zero-order chi connectivity index (χ0) is 22.2. The van der Waals surface area contributed by atoms with Crippen LogP contribution in [0.25, 0.3) is 32.9 Å². The zero-order valence-electron chi connectivity index (χ0n) is 20.0. The molecule has 0 atom stereocenters. The van der Waals surface area contributed by atoms with Crippen molar-refractivity contribution < 1.29 is 9.30 Å². The van der Waals surface area contributed by atoms with Crippen LogP contribution in [0.15, 0.2) is 42.5 Å². The Kier molecular flexibility index (Phi) is 4.36. The number of ether oxygens (including phenoxy) is 1. The van der Waals surface area contributed by atoms with Crippen LogP contribution in [-0.2, 0) is 7.05 Å². The summed E-state index contributed by atoms with van der Waals surface area (Å²) in [5.41, 5.74) is 7.75. The van der Waals surface area contributed by atoms with Crippen molar-refractivity contribution in [3.8, 4) is 22.8 Å². The summed E-state index contributed by atoms with van der Waals surface area (Å²) in [6.45, 7) is 16.2. The van der Waals surface area contributed by atoms with Crippen molar-refractivity contribution in [2.75, 3.05) is 0 Å². The highest BCUT2D eigenvalue weighted by atomic mass is 28.3. The number of fused-ring (bicyclic) bond motifs is 3. The van der Waals surface area contributed by atoms with Gasteiger partial charge in [-0.3, -0.25) is 0 Å². The molecule has 3 heteroatoms. The number of hydrogen-bond donors (Lipinski definition) is 0. The van der Waals surface area contributed by atoms with Crippen LogP contribution in [0.4, 0.5) is 0 Å². The number of hydrogen-bond acceptors (Lipinski definition) is 1. The van der Waals surface area contributed by atoms with Gasteiger partial charge in [0.1, 0.15) is 12.8 Å². The smallest absolute Gasteiger partial charge is 0.256 e. The summed E-state index contributed by atoms with van der Waals surface area (Å²) in [6, 6.07) is 16.2. The lowest BCUT2D eigenvalue weighted by molar-refractivity contribution is -0.633. The highest BCUT2D eigenvalue weighted by Crippen LogP contribution is 2.48. The van der Waals surface area contributed by atoms with Gasteiger partial charge in [0.2, 0.25) is 5.52 Å². The summed E-state index contributed by atoms with van der Waals surface area (Å²) in [7, 11) is 0.793. The Bertz CT molecular complexity index is 1390. The van der Waals surface area contributed by atoms with E-state index in [1.807, 2.05) is 0 Å². The quantitative estimate of drug-likeness (QED) is 0.222. The SMILES string of the molecule is Cc1cc2cc(C(C)C)cc3c2c(c1C)-c1c(cc2cc([Si](C)(C)C)ccc2[n+]1C)O3. The molecule has 31 heavy (non-hydrogen) atoms. The molecule has 0 spiro atoms. The minimum Gasteiger partial charge on any atom is -0.450 e. The molecule has 2 heterocycles. The standard InChI is InChI=1S/C28H32NOSi/c1-16(2)19-12-21-11-17(3)18(4)26-27(21)24(14-19)30-25-15-20-13-22(31(6,7)8)9-10-23(20)29(5)28(25)26/h9-16H,1-8H3/q+1. The van der Waals surface area contributed by atoms with Crippen molar-refractivity contribution in [1.82, 2.24) is 0 Å². The van der Waals surface area contributed by atoms with Crippen LogP contribution < -0.4 is 14.5 Å². The average Bonchev–Trinajstić information content (AvgIpc) is 2.69. The normalized spacial score (nSPS) is 13.1.